The number of rotatable bonds is 8. The van der Waals surface area contributed by atoms with Gasteiger partial charge in [-0.2, -0.15) is 0 Å². The van der Waals surface area contributed by atoms with Crippen LogP contribution in [0.3, 0.4) is 0 Å². The minimum Gasteiger partial charge on any atom is -0.488 e. The molecular weight excluding hydrogens is 377 g/mol. The van der Waals surface area contributed by atoms with Gasteiger partial charge in [0.25, 0.3) is 0 Å². The summed E-state index contributed by atoms with van der Waals surface area (Å²) in [4.78, 5) is 3.68. The van der Waals surface area contributed by atoms with Crippen LogP contribution in [0.5, 0.6) is 5.75 Å². The summed E-state index contributed by atoms with van der Waals surface area (Å²) >= 11 is 0. The number of nitrogens with one attached hydrogen (secondary N) is 1. The Morgan fingerprint density at radius 2 is 1.93 bits per heavy atom. The van der Waals surface area contributed by atoms with Gasteiger partial charge < -0.3 is 31.1 Å². The number of halogens is 1. The number of hydrogen-bond acceptors (Lipinski definition) is 7. The summed E-state index contributed by atoms with van der Waals surface area (Å²) in [6.45, 7) is 0.0198. The van der Waals surface area contributed by atoms with Crippen molar-refractivity contribution < 1.29 is 24.4 Å². The van der Waals surface area contributed by atoms with E-state index >= 15 is 0 Å². The SMILES string of the molecule is NCc1ccc(C(O)Nc2ccncc2F)cc1-c1cccc(OCC(O)O)c1. The molecule has 1 aromatic heterocycles. The Hall–Kier alpha value is -3.04. The van der Waals surface area contributed by atoms with E-state index in [0.29, 0.717) is 11.3 Å². The number of pyridine rings is 1. The Kier molecular flexibility index (Phi) is 6.73. The topological polar surface area (TPSA) is 121 Å². The van der Waals surface area contributed by atoms with Crippen LogP contribution in [0.4, 0.5) is 10.1 Å². The second kappa shape index (κ2) is 9.44. The molecule has 1 unspecified atom stereocenters. The maximum Gasteiger partial charge on any atom is 0.186 e. The van der Waals surface area contributed by atoms with Crippen molar-refractivity contribution in [3.8, 4) is 16.9 Å². The molecule has 0 bridgehead atoms. The molecule has 0 aliphatic rings. The Bertz CT molecular complexity index is 968. The second-order valence-electron chi connectivity index (χ2n) is 6.34. The van der Waals surface area contributed by atoms with Crippen molar-refractivity contribution in [3.63, 3.8) is 0 Å². The standard InChI is InChI=1S/C21H22FN3O4/c22-18-11-24-7-6-19(18)25-21(28)14-4-5-15(10-23)17(9-14)13-2-1-3-16(8-13)29-12-20(26)27/h1-9,11,20-21,26-28H,10,12,23H2,(H,24,25). The van der Waals surface area contributed by atoms with Crippen LogP contribution in [0.1, 0.15) is 17.4 Å². The second-order valence-corrected chi connectivity index (χ2v) is 6.34. The van der Waals surface area contributed by atoms with Crippen molar-refractivity contribution in [2.24, 2.45) is 5.73 Å². The number of anilines is 1. The van der Waals surface area contributed by atoms with Crippen LogP contribution in [0.25, 0.3) is 11.1 Å². The lowest BCUT2D eigenvalue weighted by atomic mass is 9.96. The van der Waals surface area contributed by atoms with Gasteiger partial charge in [-0.25, -0.2) is 4.39 Å². The third kappa shape index (κ3) is 5.27. The zero-order chi connectivity index (χ0) is 20.8. The monoisotopic (exact) mass is 399 g/mol. The van der Waals surface area contributed by atoms with Gasteiger partial charge in [0, 0.05) is 18.3 Å². The zero-order valence-electron chi connectivity index (χ0n) is 15.5. The molecule has 3 aromatic rings. The Morgan fingerprint density at radius 3 is 2.66 bits per heavy atom. The fraction of sp³-hybridized carbons (Fsp3) is 0.190. The molecule has 1 heterocycles. The quantitative estimate of drug-likeness (QED) is 0.368. The smallest absolute Gasteiger partial charge is 0.186 e. The summed E-state index contributed by atoms with van der Waals surface area (Å²) in [5.41, 5.74) is 8.91. The lowest BCUT2D eigenvalue weighted by molar-refractivity contribution is -0.0680. The van der Waals surface area contributed by atoms with Crippen LogP contribution in [-0.2, 0) is 6.54 Å². The fourth-order valence-electron chi connectivity index (χ4n) is 2.86. The number of ether oxygens (including phenoxy) is 1. The van der Waals surface area contributed by atoms with E-state index in [1.165, 1.54) is 12.3 Å². The number of aliphatic hydroxyl groups excluding tert-OH is 2. The minimum absolute atomic E-state index is 0.134. The lowest BCUT2D eigenvalue weighted by Gasteiger charge is -2.18. The highest BCUT2D eigenvalue weighted by atomic mass is 19.1. The number of hydrogen-bond donors (Lipinski definition) is 5. The third-order valence-electron chi connectivity index (χ3n) is 4.28. The summed E-state index contributed by atoms with van der Waals surface area (Å²) in [6, 6.07) is 13.8. The molecule has 8 heteroatoms. The number of benzene rings is 2. The zero-order valence-corrected chi connectivity index (χ0v) is 15.5. The van der Waals surface area contributed by atoms with Gasteiger partial charge in [-0.15, -0.1) is 0 Å². The van der Waals surface area contributed by atoms with Crippen LogP contribution >= 0.6 is 0 Å². The predicted molar refractivity (Wildman–Crippen MR) is 106 cm³/mol. The van der Waals surface area contributed by atoms with E-state index in [1.54, 1.807) is 36.4 Å². The average Bonchev–Trinajstić information content (AvgIpc) is 2.73. The molecule has 0 aliphatic carbocycles. The molecule has 29 heavy (non-hydrogen) atoms. The van der Waals surface area contributed by atoms with Gasteiger partial charge in [-0.05, 0) is 41.0 Å². The van der Waals surface area contributed by atoms with E-state index in [2.05, 4.69) is 10.3 Å². The van der Waals surface area contributed by atoms with Crippen LogP contribution in [-0.4, -0.2) is 33.2 Å². The van der Waals surface area contributed by atoms with Gasteiger partial charge in [0.15, 0.2) is 18.3 Å². The molecule has 0 radical (unpaired) electrons. The molecular formula is C21H22FN3O4. The summed E-state index contributed by atoms with van der Waals surface area (Å²) < 4.78 is 19.1. The molecule has 7 nitrogen and oxygen atoms in total. The highest BCUT2D eigenvalue weighted by Crippen LogP contribution is 2.30. The number of nitrogens with zero attached hydrogens (tertiary/aromatic N) is 1. The number of nitrogens with two attached hydrogens (primary N) is 1. The van der Waals surface area contributed by atoms with Gasteiger partial charge in [0.1, 0.15) is 12.4 Å². The molecule has 0 amide bonds. The first-order chi connectivity index (χ1) is 14.0. The first-order valence-electron chi connectivity index (χ1n) is 8.94. The number of aliphatic hydroxyl groups is 3. The van der Waals surface area contributed by atoms with Crippen LogP contribution < -0.4 is 15.8 Å². The summed E-state index contributed by atoms with van der Waals surface area (Å²) in [6.07, 6.45) is -0.235. The van der Waals surface area contributed by atoms with Crippen molar-refractivity contribution in [2.75, 3.05) is 11.9 Å². The number of aromatic nitrogens is 1. The van der Waals surface area contributed by atoms with E-state index in [9.17, 15) is 9.50 Å². The molecule has 2 aromatic carbocycles. The van der Waals surface area contributed by atoms with E-state index in [4.69, 9.17) is 20.7 Å². The minimum atomic E-state index is -1.57. The van der Waals surface area contributed by atoms with Crippen molar-refractivity contribution in [2.45, 2.75) is 19.1 Å². The maximum absolute atomic E-state index is 13.8. The van der Waals surface area contributed by atoms with Crippen molar-refractivity contribution >= 4 is 5.69 Å². The third-order valence-corrected chi connectivity index (χ3v) is 4.28. The summed E-state index contributed by atoms with van der Waals surface area (Å²) in [7, 11) is 0. The first kappa shape index (κ1) is 20.7. The van der Waals surface area contributed by atoms with Gasteiger partial charge >= 0.3 is 0 Å². The van der Waals surface area contributed by atoms with Gasteiger partial charge in [0.2, 0.25) is 0 Å². The maximum atomic E-state index is 13.8. The lowest BCUT2D eigenvalue weighted by Crippen LogP contribution is -2.15. The Balaban J connectivity index is 1.89. The van der Waals surface area contributed by atoms with E-state index < -0.39 is 18.3 Å². The molecule has 0 aliphatic heterocycles. The average molecular weight is 399 g/mol. The molecule has 3 rings (SSSR count). The molecule has 0 spiro atoms. The van der Waals surface area contributed by atoms with Crippen molar-refractivity contribution in [1.82, 2.24) is 4.98 Å². The summed E-state index contributed by atoms with van der Waals surface area (Å²) in [5, 5.41) is 31.2. The van der Waals surface area contributed by atoms with Gasteiger partial charge in [0.05, 0.1) is 11.9 Å². The van der Waals surface area contributed by atoms with Crippen molar-refractivity contribution in [1.29, 1.82) is 0 Å². The molecule has 6 N–H and O–H groups in total. The van der Waals surface area contributed by atoms with E-state index in [-0.39, 0.29) is 18.8 Å². The highest BCUT2D eigenvalue weighted by Gasteiger charge is 2.14. The van der Waals surface area contributed by atoms with Crippen LogP contribution in [0.2, 0.25) is 0 Å². The molecule has 0 fully saturated rings. The van der Waals surface area contributed by atoms with Gasteiger partial charge in [-0.1, -0.05) is 24.3 Å². The van der Waals surface area contributed by atoms with Crippen molar-refractivity contribution in [3.05, 3.63) is 77.9 Å². The van der Waals surface area contributed by atoms with Crippen LogP contribution in [0, 0.1) is 5.82 Å². The molecule has 0 saturated carbocycles. The predicted octanol–water partition coefficient (Wildman–Crippen LogP) is 2.14. The molecule has 0 saturated heterocycles. The molecule has 152 valence electrons. The van der Waals surface area contributed by atoms with Gasteiger partial charge in [-0.3, -0.25) is 4.98 Å². The Morgan fingerprint density at radius 1 is 1.10 bits per heavy atom. The van der Waals surface area contributed by atoms with E-state index in [1.807, 2.05) is 6.07 Å². The largest absolute Gasteiger partial charge is 0.488 e. The normalized spacial score (nSPS) is 12.1. The molecule has 1 atom stereocenters. The Labute approximate surface area is 167 Å². The first-order valence-corrected chi connectivity index (χ1v) is 8.94. The summed E-state index contributed by atoms with van der Waals surface area (Å²) in [5.74, 6) is -0.109. The highest BCUT2D eigenvalue weighted by molar-refractivity contribution is 5.70. The van der Waals surface area contributed by atoms with E-state index in [0.717, 1.165) is 22.9 Å². The van der Waals surface area contributed by atoms with Crippen LogP contribution in [0.15, 0.2) is 60.9 Å². The fourth-order valence-corrected chi connectivity index (χ4v) is 2.86.